The molecule has 8 heteroatoms. The molecule has 0 aliphatic carbocycles. The second-order valence-electron chi connectivity index (χ2n) is 6.88. The van der Waals surface area contributed by atoms with Crippen LogP contribution >= 0.6 is 34.4 Å². The molecule has 1 N–H and O–H groups in total. The number of amides is 1. The minimum Gasteiger partial charge on any atom is -0.462 e. The zero-order valence-electron chi connectivity index (χ0n) is 17.9. The minimum atomic E-state index is -0.390. The summed E-state index contributed by atoms with van der Waals surface area (Å²) in [7, 11) is 0. The average Bonchev–Trinajstić information content (AvgIpc) is 3.34. The number of rotatable bonds is 7. The average molecular weight is 483 g/mol. The fourth-order valence-corrected chi connectivity index (χ4v) is 6.25. The summed E-state index contributed by atoms with van der Waals surface area (Å²) in [6.07, 6.45) is 0. The van der Waals surface area contributed by atoms with Gasteiger partial charge in [0, 0.05) is 16.0 Å². The number of thiophene rings is 1. The summed E-state index contributed by atoms with van der Waals surface area (Å²) in [6.45, 7) is 6.01. The van der Waals surface area contributed by atoms with Crippen LogP contribution in [0.1, 0.15) is 39.4 Å². The van der Waals surface area contributed by atoms with Gasteiger partial charge in [-0.25, -0.2) is 9.78 Å². The van der Waals surface area contributed by atoms with Crippen molar-refractivity contribution < 1.29 is 14.3 Å². The number of anilines is 1. The molecule has 4 aromatic rings. The SMILES string of the molecule is CCOC(=O)c1sc(NC(=O)c2cccc(SCC)c2)c(-c2nc3ccccc3s2)c1C. The van der Waals surface area contributed by atoms with E-state index < -0.39 is 0 Å². The number of aromatic nitrogens is 1. The van der Waals surface area contributed by atoms with Crippen LogP contribution in [0.15, 0.2) is 53.4 Å². The number of nitrogens with one attached hydrogen (secondary N) is 1. The van der Waals surface area contributed by atoms with E-state index in [1.165, 1.54) is 22.7 Å². The fourth-order valence-electron chi connectivity index (χ4n) is 3.30. The molecule has 0 bridgehead atoms. The quantitative estimate of drug-likeness (QED) is 0.230. The van der Waals surface area contributed by atoms with Gasteiger partial charge in [0.25, 0.3) is 5.91 Å². The highest BCUT2D eigenvalue weighted by Crippen LogP contribution is 2.43. The first-order valence-corrected chi connectivity index (χ1v) is 12.8. The Morgan fingerprint density at radius 1 is 1.09 bits per heavy atom. The molecule has 2 heterocycles. The lowest BCUT2D eigenvalue weighted by Crippen LogP contribution is -2.11. The molecule has 0 aliphatic rings. The Morgan fingerprint density at radius 2 is 1.91 bits per heavy atom. The van der Waals surface area contributed by atoms with Gasteiger partial charge in [0.05, 0.1) is 16.8 Å². The van der Waals surface area contributed by atoms with E-state index in [4.69, 9.17) is 9.72 Å². The van der Waals surface area contributed by atoms with Crippen molar-refractivity contribution in [1.29, 1.82) is 0 Å². The van der Waals surface area contributed by atoms with Gasteiger partial charge in [-0.2, -0.15) is 0 Å². The van der Waals surface area contributed by atoms with Gasteiger partial charge in [0.2, 0.25) is 0 Å². The van der Waals surface area contributed by atoms with Gasteiger partial charge >= 0.3 is 5.97 Å². The lowest BCUT2D eigenvalue weighted by atomic mass is 10.1. The normalized spacial score (nSPS) is 11.0. The smallest absolute Gasteiger partial charge is 0.348 e. The van der Waals surface area contributed by atoms with E-state index >= 15 is 0 Å². The van der Waals surface area contributed by atoms with E-state index in [1.54, 1.807) is 24.8 Å². The molecule has 1 amide bonds. The maximum Gasteiger partial charge on any atom is 0.348 e. The monoisotopic (exact) mass is 482 g/mol. The van der Waals surface area contributed by atoms with E-state index in [2.05, 4.69) is 12.2 Å². The molecule has 2 aromatic carbocycles. The van der Waals surface area contributed by atoms with Crippen molar-refractivity contribution in [2.75, 3.05) is 17.7 Å². The number of ether oxygens (including phenoxy) is 1. The van der Waals surface area contributed by atoms with E-state index in [0.29, 0.717) is 15.4 Å². The molecule has 2 aromatic heterocycles. The van der Waals surface area contributed by atoms with Crippen LogP contribution in [0.2, 0.25) is 0 Å². The Balaban J connectivity index is 1.76. The van der Waals surface area contributed by atoms with Gasteiger partial charge in [0.1, 0.15) is 14.9 Å². The number of esters is 1. The van der Waals surface area contributed by atoms with Crippen molar-refractivity contribution in [2.24, 2.45) is 0 Å². The number of carbonyl (C=O) groups is 2. The maximum absolute atomic E-state index is 13.1. The summed E-state index contributed by atoms with van der Waals surface area (Å²) in [5.41, 5.74) is 2.99. The molecule has 4 rings (SSSR count). The lowest BCUT2D eigenvalue weighted by molar-refractivity contribution is 0.0531. The summed E-state index contributed by atoms with van der Waals surface area (Å²) in [5, 5.41) is 4.39. The van der Waals surface area contributed by atoms with Crippen LogP contribution in [0.5, 0.6) is 0 Å². The van der Waals surface area contributed by atoms with Crippen molar-refractivity contribution in [1.82, 2.24) is 4.98 Å². The molecule has 164 valence electrons. The third kappa shape index (κ3) is 4.57. The van der Waals surface area contributed by atoms with Crippen molar-refractivity contribution in [3.63, 3.8) is 0 Å². The summed E-state index contributed by atoms with van der Waals surface area (Å²) in [6, 6.07) is 15.4. The van der Waals surface area contributed by atoms with Crippen LogP contribution in [-0.4, -0.2) is 29.2 Å². The molecule has 0 saturated carbocycles. The third-order valence-corrected chi connectivity index (χ3v) is 7.87. The van der Waals surface area contributed by atoms with Gasteiger partial charge in [-0.3, -0.25) is 4.79 Å². The van der Waals surface area contributed by atoms with Gasteiger partial charge < -0.3 is 10.1 Å². The molecular weight excluding hydrogens is 460 g/mol. The molecule has 0 aliphatic heterocycles. The number of para-hydroxylation sites is 1. The number of fused-ring (bicyclic) bond motifs is 1. The van der Waals surface area contributed by atoms with Crippen LogP contribution < -0.4 is 5.32 Å². The van der Waals surface area contributed by atoms with Crippen molar-refractivity contribution in [3.8, 4) is 10.6 Å². The highest BCUT2D eigenvalue weighted by molar-refractivity contribution is 7.99. The first kappa shape index (κ1) is 22.5. The molecule has 5 nitrogen and oxygen atoms in total. The van der Waals surface area contributed by atoms with Gasteiger partial charge in [-0.05, 0) is 55.5 Å². The second-order valence-corrected chi connectivity index (χ2v) is 10.3. The molecular formula is C24H22N2O3S3. The molecule has 0 spiro atoms. The Bertz CT molecular complexity index is 1260. The van der Waals surface area contributed by atoms with E-state index in [9.17, 15) is 9.59 Å². The Morgan fingerprint density at radius 3 is 2.66 bits per heavy atom. The van der Waals surface area contributed by atoms with Crippen LogP contribution in [-0.2, 0) is 4.74 Å². The van der Waals surface area contributed by atoms with Crippen molar-refractivity contribution in [3.05, 3.63) is 64.5 Å². The van der Waals surface area contributed by atoms with Gasteiger partial charge in [-0.15, -0.1) is 34.4 Å². The van der Waals surface area contributed by atoms with Crippen LogP contribution in [0.4, 0.5) is 5.00 Å². The Labute approximate surface area is 198 Å². The summed E-state index contributed by atoms with van der Waals surface area (Å²) < 4.78 is 6.29. The first-order valence-electron chi connectivity index (χ1n) is 10.2. The summed E-state index contributed by atoms with van der Waals surface area (Å²) in [4.78, 5) is 31.9. The van der Waals surface area contributed by atoms with Crippen LogP contribution in [0.25, 0.3) is 20.8 Å². The highest BCUT2D eigenvalue weighted by atomic mass is 32.2. The number of benzene rings is 2. The van der Waals surface area contributed by atoms with Crippen LogP contribution in [0.3, 0.4) is 0 Å². The number of hydrogen-bond donors (Lipinski definition) is 1. The predicted molar refractivity (Wildman–Crippen MR) is 134 cm³/mol. The van der Waals surface area contributed by atoms with Crippen molar-refractivity contribution >= 4 is 61.5 Å². The van der Waals surface area contributed by atoms with Crippen molar-refractivity contribution in [2.45, 2.75) is 25.7 Å². The number of nitrogens with zero attached hydrogens (tertiary/aromatic N) is 1. The predicted octanol–water partition coefficient (Wildman–Crippen LogP) is 6.87. The standard InChI is InChI=1S/C24H22N2O3S3/c1-4-29-24(28)20-14(3)19(22-25-17-11-6-7-12-18(17)31-22)23(32-20)26-21(27)15-9-8-10-16(13-15)30-5-2/h6-13H,4-5H2,1-3H3,(H,26,27). The second kappa shape index (κ2) is 9.85. The molecule has 0 saturated heterocycles. The Hall–Kier alpha value is -2.68. The first-order chi connectivity index (χ1) is 15.5. The zero-order chi connectivity index (χ0) is 22.7. The number of hydrogen-bond acceptors (Lipinski definition) is 7. The third-order valence-electron chi connectivity index (χ3n) is 4.75. The van der Waals surface area contributed by atoms with Gasteiger partial charge in [-0.1, -0.05) is 25.1 Å². The van der Waals surface area contributed by atoms with Gasteiger partial charge in [0.15, 0.2) is 0 Å². The molecule has 0 radical (unpaired) electrons. The van der Waals surface area contributed by atoms with Crippen LogP contribution in [0, 0.1) is 6.92 Å². The largest absolute Gasteiger partial charge is 0.462 e. The van der Waals surface area contributed by atoms with E-state index in [0.717, 1.165) is 37.0 Å². The fraction of sp³-hybridized carbons (Fsp3) is 0.208. The summed E-state index contributed by atoms with van der Waals surface area (Å²) in [5.74, 6) is 0.321. The molecule has 0 fully saturated rings. The number of carbonyl (C=O) groups excluding carboxylic acids is 2. The van der Waals surface area contributed by atoms with E-state index in [-0.39, 0.29) is 18.5 Å². The maximum atomic E-state index is 13.1. The minimum absolute atomic E-state index is 0.220. The molecule has 0 atom stereocenters. The molecule has 0 unspecified atom stereocenters. The molecule has 32 heavy (non-hydrogen) atoms. The number of thiazole rings is 1. The summed E-state index contributed by atoms with van der Waals surface area (Å²) >= 11 is 4.45. The zero-order valence-corrected chi connectivity index (χ0v) is 20.4. The Kier molecular flexibility index (Phi) is 6.93. The lowest BCUT2D eigenvalue weighted by Gasteiger charge is -2.07. The topological polar surface area (TPSA) is 68.3 Å². The highest BCUT2D eigenvalue weighted by Gasteiger charge is 2.25. The van der Waals surface area contributed by atoms with E-state index in [1.807, 2.05) is 49.4 Å². The number of thioether (sulfide) groups is 1.